The van der Waals surface area contributed by atoms with E-state index in [4.69, 9.17) is 9.15 Å². The molecule has 0 radical (unpaired) electrons. The molecule has 2 rings (SSSR count). The molecule has 0 saturated carbocycles. The Labute approximate surface area is 99.3 Å². The van der Waals surface area contributed by atoms with E-state index in [-0.39, 0.29) is 5.78 Å². The van der Waals surface area contributed by atoms with Gasteiger partial charge in [0, 0.05) is 0 Å². The molecule has 1 aromatic heterocycles. The molecule has 17 heavy (non-hydrogen) atoms. The first-order valence-corrected chi connectivity index (χ1v) is 5.19. The zero-order chi connectivity index (χ0) is 12.1. The molecule has 0 unspecified atom stereocenters. The van der Waals surface area contributed by atoms with Gasteiger partial charge in [0.2, 0.25) is 5.78 Å². The Balaban J connectivity index is 2.07. The van der Waals surface area contributed by atoms with Gasteiger partial charge in [0.15, 0.2) is 5.76 Å². The average molecular weight is 228 g/mol. The van der Waals surface area contributed by atoms with E-state index < -0.39 is 0 Å². The summed E-state index contributed by atoms with van der Waals surface area (Å²) < 4.78 is 10.0. The molecule has 3 nitrogen and oxygen atoms in total. The van der Waals surface area contributed by atoms with Crippen LogP contribution in [0.5, 0.6) is 5.75 Å². The number of allylic oxidation sites excluding steroid dienone is 1. The number of carbonyl (C=O) groups excluding carboxylic acids is 1. The number of carbonyl (C=O) groups is 1. The van der Waals surface area contributed by atoms with E-state index in [2.05, 4.69) is 0 Å². The van der Waals surface area contributed by atoms with Gasteiger partial charge in [0.05, 0.1) is 13.4 Å². The van der Waals surface area contributed by atoms with Crippen molar-refractivity contribution in [2.24, 2.45) is 0 Å². The van der Waals surface area contributed by atoms with Crippen molar-refractivity contribution in [3.63, 3.8) is 0 Å². The molecular formula is C14H12O3. The van der Waals surface area contributed by atoms with E-state index >= 15 is 0 Å². The Morgan fingerprint density at radius 3 is 2.59 bits per heavy atom. The second kappa shape index (κ2) is 5.16. The zero-order valence-corrected chi connectivity index (χ0v) is 9.42. The number of rotatable bonds is 4. The SMILES string of the molecule is COc1ccc(/C=C/C(=O)c2ccco2)cc1. The lowest BCUT2D eigenvalue weighted by Gasteiger charge is -1.98. The summed E-state index contributed by atoms with van der Waals surface area (Å²) in [5, 5.41) is 0. The first kappa shape index (κ1) is 11.2. The number of furan rings is 1. The minimum absolute atomic E-state index is 0.147. The van der Waals surface area contributed by atoms with Crippen LogP contribution in [0.4, 0.5) is 0 Å². The topological polar surface area (TPSA) is 39.4 Å². The molecule has 1 aromatic carbocycles. The molecule has 0 N–H and O–H groups in total. The Kier molecular flexibility index (Phi) is 3.40. The first-order valence-electron chi connectivity index (χ1n) is 5.19. The molecule has 86 valence electrons. The van der Waals surface area contributed by atoms with Crippen LogP contribution in [0, 0.1) is 0 Å². The van der Waals surface area contributed by atoms with Crippen LogP contribution in [0.2, 0.25) is 0 Å². The maximum atomic E-state index is 11.6. The highest BCUT2D eigenvalue weighted by Crippen LogP contribution is 2.12. The number of hydrogen-bond donors (Lipinski definition) is 0. The van der Waals surface area contributed by atoms with Crippen molar-refractivity contribution in [1.82, 2.24) is 0 Å². The number of ketones is 1. The summed E-state index contributed by atoms with van der Waals surface area (Å²) in [5.74, 6) is 0.986. The zero-order valence-electron chi connectivity index (χ0n) is 9.42. The highest BCUT2D eigenvalue weighted by atomic mass is 16.5. The molecule has 0 aliphatic carbocycles. The predicted molar refractivity (Wildman–Crippen MR) is 65.1 cm³/mol. The molecule has 0 spiro atoms. The molecule has 0 aliphatic rings. The van der Waals surface area contributed by atoms with Crippen LogP contribution >= 0.6 is 0 Å². The summed E-state index contributed by atoms with van der Waals surface area (Å²) in [7, 11) is 1.62. The highest BCUT2D eigenvalue weighted by molar-refractivity contribution is 6.04. The van der Waals surface area contributed by atoms with Gasteiger partial charge >= 0.3 is 0 Å². The molecule has 0 aliphatic heterocycles. The lowest BCUT2D eigenvalue weighted by molar-refractivity contribution is 0.102. The van der Waals surface area contributed by atoms with Crippen molar-refractivity contribution >= 4 is 11.9 Å². The summed E-state index contributed by atoms with van der Waals surface area (Å²) in [6, 6.07) is 10.8. The minimum atomic E-state index is -0.147. The Morgan fingerprint density at radius 2 is 2.00 bits per heavy atom. The van der Waals surface area contributed by atoms with Crippen LogP contribution in [0.25, 0.3) is 6.08 Å². The molecule has 2 aromatic rings. The Bertz CT molecular complexity index is 507. The third kappa shape index (κ3) is 2.84. The van der Waals surface area contributed by atoms with Gasteiger partial charge in [-0.2, -0.15) is 0 Å². The molecule has 0 fully saturated rings. The van der Waals surface area contributed by atoms with Crippen LogP contribution in [-0.2, 0) is 0 Å². The lowest BCUT2D eigenvalue weighted by atomic mass is 10.2. The number of hydrogen-bond acceptors (Lipinski definition) is 3. The third-order valence-electron chi connectivity index (χ3n) is 2.31. The average Bonchev–Trinajstić information content (AvgIpc) is 2.90. The van der Waals surface area contributed by atoms with Crippen molar-refractivity contribution in [1.29, 1.82) is 0 Å². The highest BCUT2D eigenvalue weighted by Gasteiger charge is 2.03. The van der Waals surface area contributed by atoms with Crippen LogP contribution < -0.4 is 4.74 Å². The van der Waals surface area contributed by atoms with Crippen molar-refractivity contribution < 1.29 is 13.9 Å². The van der Waals surface area contributed by atoms with Crippen LogP contribution in [-0.4, -0.2) is 12.9 Å². The number of benzene rings is 1. The Hall–Kier alpha value is -2.29. The van der Waals surface area contributed by atoms with Gasteiger partial charge < -0.3 is 9.15 Å². The standard InChI is InChI=1S/C14H12O3/c1-16-12-7-4-11(5-8-12)6-9-13(15)14-3-2-10-17-14/h2-10H,1H3/b9-6+. The van der Waals surface area contributed by atoms with Gasteiger partial charge in [-0.15, -0.1) is 0 Å². The second-order valence-electron chi connectivity index (χ2n) is 3.45. The molecular weight excluding hydrogens is 216 g/mol. The lowest BCUT2D eigenvalue weighted by Crippen LogP contribution is -1.90. The first-order chi connectivity index (χ1) is 8.29. The fourth-order valence-corrected chi connectivity index (χ4v) is 1.39. The normalized spacial score (nSPS) is 10.6. The molecule has 1 heterocycles. The minimum Gasteiger partial charge on any atom is -0.497 e. The summed E-state index contributed by atoms with van der Waals surface area (Å²) in [6.45, 7) is 0. The summed E-state index contributed by atoms with van der Waals surface area (Å²) in [4.78, 5) is 11.6. The fourth-order valence-electron chi connectivity index (χ4n) is 1.39. The van der Waals surface area contributed by atoms with Crippen molar-refractivity contribution in [2.75, 3.05) is 7.11 Å². The van der Waals surface area contributed by atoms with Gasteiger partial charge in [0.1, 0.15) is 5.75 Å². The van der Waals surface area contributed by atoms with E-state index in [0.29, 0.717) is 5.76 Å². The molecule has 0 bridgehead atoms. The van der Waals surface area contributed by atoms with Crippen molar-refractivity contribution in [2.45, 2.75) is 0 Å². The summed E-state index contributed by atoms with van der Waals surface area (Å²) >= 11 is 0. The van der Waals surface area contributed by atoms with Gasteiger partial charge in [-0.3, -0.25) is 4.79 Å². The van der Waals surface area contributed by atoms with Gasteiger partial charge in [-0.05, 0) is 35.9 Å². The largest absolute Gasteiger partial charge is 0.497 e. The Morgan fingerprint density at radius 1 is 1.24 bits per heavy atom. The fraction of sp³-hybridized carbons (Fsp3) is 0.0714. The monoisotopic (exact) mass is 228 g/mol. The molecule has 0 saturated heterocycles. The number of methoxy groups -OCH3 is 1. The van der Waals surface area contributed by atoms with Gasteiger partial charge in [0.25, 0.3) is 0 Å². The second-order valence-corrected chi connectivity index (χ2v) is 3.45. The maximum absolute atomic E-state index is 11.6. The van der Waals surface area contributed by atoms with Crippen molar-refractivity contribution in [3.05, 3.63) is 60.1 Å². The molecule has 0 amide bonds. The van der Waals surface area contributed by atoms with Crippen LogP contribution in [0.15, 0.2) is 53.2 Å². The quantitative estimate of drug-likeness (QED) is 0.596. The van der Waals surface area contributed by atoms with E-state index in [9.17, 15) is 4.79 Å². The van der Waals surface area contributed by atoms with Crippen LogP contribution in [0.3, 0.4) is 0 Å². The smallest absolute Gasteiger partial charge is 0.221 e. The third-order valence-corrected chi connectivity index (χ3v) is 2.31. The maximum Gasteiger partial charge on any atom is 0.221 e. The summed E-state index contributed by atoms with van der Waals surface area (Å²) in [5.41, 5.74) is 0.936. The van der Waals surface area contributed by atoms with E-state index in [0.717, 1.165) is 11.3 Å². The predicted octanol–water partition coefficient (Wildman–Crippen LogP) is 3.18. The summed E-state index contributed by atoms with van der Waals surface area (Å²) in [6.07, 6.45) is 4.71. The van der Waals surface area contributed by atoms with Crippen LogP contribution in [0.1, 0.15) is 16.1 Å². The van der Waals surface area contributed by atoms with E-state index in [1.165, 1.54) is 12.3 Å². The van der Waals surface area contributed by atoms with Gasteiger partial charge in [-0.1, -0.05) is 18.2 Å². The van der Waals surface area contributed by atoms with E-state index in [1.54, 1.807) is 25.3 Å². The molecule has 3 heteroatoms. The number of ether oxygens (including phenoxy) is 1. The van der Waals surface area contributed by atoms with E-state index in [1.807, 2.05) is 24.3 Å². The molecule has 0 atom stereocenters. The van der Waals surface area contributed by atoms with Gasteiger partial charge in [-0.25, -0.2) is 0 Å². The van der Waals surface area contributed by atoms with Crippen molar-refractivity contribution in [3.8, 4) is 5.75 Å².